The van der Waals surface area contributed by atoms with Crippen LogP contribution in [0.25, 0.3) is 0 Å². The lowest BCUT2D eigenvalue weighted by molar-refractivity contribution is -0.125. The third kappa shape index (κ3) is 3.51. The monoisotopic (exact) mass is 208 g/mol. The first-order valence-electron chi connectivity index (χ1n) is 5.53. The molecule has 1 unspecified atom stereocenters. The summed E-state index contributed by atoms with van der Waals surface area (Å²) >= 11 is 0. The van der Waals surface area contributed by atoms with Gasteiger partial charge in [0.15, 0.2) is 0 Å². The lowest BCUT2D eigenvalue weighted by Crippen LogP contribution is -2.45. The van der Waals surface area contributed by atoms with Gasteiger partial charge < -0.3 is 5.32 Å². The van der Waals surface area contributed by atoms with Gasteiger partial charge in [-0.2, -0.15) is 0 Å². The zero-order valence-corrected chi connectivity index (χ0v) is 9.24. The molecule has 0 spiro atoms. The van der Waals surface area contributed by atoms with Crippen LogP contribution >= 0.6 is 0 Å². The van der Waals surface area contributed by atoms with Gasteiger partial charge in [0.25, 0.3) is 0 Å². The Balaban J connectivity index is 2.64. The van der Waals surface area contributed by atoms with Crippen molar-refractivity contribution in [2.45, 2.75) is 25.3 Å². The van der Waals surface area contributed by atoms with Gasteiger partial charge in [-0.05, 0) is 19.3 Å². The van der Waals surface area contributed by atoms with Gasteiger partial charge in [0.05, 0.1) is 6.04 Å². The molecule has 0 aromatic heterocycles. The Morgan fingerprint density at radius 2 is 2.00 bits per heavy atom. The topological polar surface area (TPSA) is 32.3 Å². The number of hydrogen-bond donors (Lipinski definition) is 1. The van der Waals surface area contributed by atoms with Crippen molar-refractivity contribution in [3.05, 3.63) is 25.3 Å². The smallest absolute Gasteiger partial charge is 0.237 e. The van der Waals surface area contributed by atoms with Gasteiger partial charge in [-0.15, -0.1) is 13.2 Å². The molecule has 1 heterocycles. The summed E-state index contributed by atoms with van der Waals surface area (Å²) in [5, 5.41) is 2.94. The molecule has 1 aliphatic heterocycles. The molecule has 0 aromatic carbocycles. The summed E-state index contributed by atoms with van der Waals surface area (Å²) in [6.45, 7) is 9.73. The Morgan fingerprint density at radius 3 is 2.60 bits per heavy atom. The van der Waals surface area contributed by atoms with Crippen LogP contribution in [0.4, 0.5) is 0 Å². The van der Waals surface area contributed by atoms with E-state index in [-0.39, 0.29) is 11.9 Å². The van der Waals surface area contributed by atoms with Crippen LogP contribution in [0.15, 0.2) is 25.3 Å². The van der Waals surface area contributed by atoms with Crippen LogP contribution < -0.4 is 5.32 Å². The van der Waals surface area contributed by atoms with Crippen LogP contribution in [0.1, 0.15) is 19.3 Å². The maximum atomic E-state index is 11.8. The number of carbonyl (C=O) groups excluding carboxylic acids is 1. The van der Waals surface area contributed by atoms with Crippen molar-refractivity contribution in [2.75, 3.05) is 19.6 Å². The summed E-state index contributed by atoms with van der Waals surface area (Å²) in [5.74, 6) is 0.149. The molecule has 1 atom stereocenters. The highest BCUT2D eigenvalue weighted by atomic mass is 16.2. The molecular weight excluding hydrogens is 188 g/mol. The van der Waals surface area contributed by atoms with Gasteiger partial charge in [0, 0.05) is 19.6 Å². The molecule has 0 saturated carbocycles. The number of rotatable bonds is 5. The molecule has 0 aliphatic carbocycles. The van der Waals surface area contributed by atoms with Crippen molar-refractivity contribution in [2.24, 2.45) is 0 Å². The number of hydrogen-bond acceptors (Lipinski definition) is 2. The van der Waals surface area contributed by atoms with E-state index >= 15 is 0 Å². The summed E-state index contributed by atoms with van der Waals surface area (Å²) < 4.78 is 0. The summed E-state index contributed by atoms with van der Waals surface area (Å²) in [4.78, 5) is 13.9. The molecule has 3 heteroatoms. The number of nitrogens with zero attached hydrogens (tertiary/aromatic N) is 1. The van der Waals surface area contributed by atoms with E-state index in [9.17, 15) is 4.79 Å². The highest BCUT2D eigenvalue weighted by Crippen LogP contribution is 2.12. The molecule has 1 rings (SSSR count). The van der Waals surface area contributed by atoms with E-state index in [1.165, 1.54) is 0 Å². The summed E-state index contributed by atoms with van der Waals surface area (Å²) in [7, 11) is 0. The Labute approximate surface area is 91.8 Å². The van der Waals surface area contributed by atoms with Crippen molar-refractivity contribution in [3.8, 4) is 0 Å². The summed E-state index contributed by atoms with van der Waals surface area (Å²) in [6.07, 6.45) is 6.79. The third-order valence-corrected chi connectivity index (χ3v) is 2.67. The average molecular weight is 208 g/mol. The fraction of sp³-hybridized carbons (Fsp3) is 0.583. The first-order valence-corrected chi connectivity index (χ1v) is 5.53. The van der Waals surface area contributed by atoms with Crippen LogP contribution in [0.2, 0.25) is 0 Å². The van der Waals surface area contributed by atoms with Crippen molar-refractivity contribution < 1.29 is 4.79 Å². The van der Waals surface area contributed by atoms with Crippen LogP contribution in [-0.4, -0.2) is 36.5 Å². The number of amides is 1. The second kappa shape index (κ2) is 6.40. The van der Waals surface area contributed by atoms with E-state index in [0.29, 0.717) is 0 Å². The van der Waals surface area contributed by atoms with Crippen LogP contribution in [0.3, 0.4) is 0 Å². The number of nitrogens with one attached hydrogen (secondary N) is 1. The standard InChI is InChI=1S/C12H20N2O/c1-3-9-14(10-4-2)11-7-5-6-8-13-12(11)15/h3-4,11H,1-2,5-10H2,(H,13,15). The van der Waals surface area contributed by atoms with Crippen molar-refractivity contribution in [1.29, 1.82) is 0 Å². The fourth-order valence-electron chi connectivity index (χ4n) is 1.93. The van der Waals surface area contributed by atoms with Crippen molar-refractivity contribution in [3.63, 3.8) is 0 Å². The molecule has 3 nitrogen and oxygen atoms in total. The first-order chi connectivity index (χ1) is 7.29. The van der Waals surface area contributed by atoms with Crippen LogP contribution in [0.5, 0.6) is 0 Å². The van der Waals surface area contributed by atoms with Gasteiger partial charge in [-0.1, -0.05) is 12.2 Å². The quantitative estimate of drug-likeness (QED) is 0.691. The molecule has 15 heavy (non-hydrogen) atoms. The van der Waals surface area contributed by atoms with Gasteiger partial charge in [-0.25, -0.2) is 0 Å². The average Bonchev–Trinajstić information content (AvgIpc) is 2.43. The maximum Gasteiger partial charge on any atom is 0.237 e. The molecule has 1 aliphatic rings. The molecule has 1 amide bonds. The minimum Gasteiger partial charge on any atom is -0.355 e. The lowest BCUT2D eigenvalue weighted by Gasteiger charge is -2.27. The molecule has 1 N–H and O–H groups in total. The van der Waals surface area contributed by atoms with Gasteiger partial charge in [0.2, 0.25) is 5.91 Å². The minimum atomic E-state index is -0.0106. The van der Waals surface area contributed by atoms with E-state index < -0.39 is 0 Å². The molecule has 0 bridgehead atoms. The summed E-state index contributed by atoms with van der Waals surface area (Å²) in [5.41, 5.74) is 0. The zero-order valence-electron chi connectivity index (χ0n) is 9.24. The molecule has 1 fully saturated rings. The maximum absolute atomic E-state index is 11.8. The summed E-state index contributed by atoms with van der Waals surface area (Å²) in [6, 6.07) is -0.0106. The third-order valence-electron chi connectivity index (χ3n) is 2.67. The lowest BCUT2D eigenvalue weighted by atomic mass is 10.1. The second-order valence-corrected chi connectivity index (χ2v) is 3.83. The second-order valence-electron chi connectivity index (χ2n) is 3.83. The van der Waals surface area contributed by atoms with E-state index in [0.717, 1.165) is 38.9 Å². The Hall–Kier alpha value is -1.09. The van der Waals surface area contributed by atoms with Crippen molar-refractivity contribution in [1.82, 2.24) is 10.2 Å². The van der Waals surface area contributed by atoms with E-state index in [4.69, 9.17) is 0 Å². The molecule has 0 radical (unpaired) electrons. The molecule has 0 aromatic rings. The number of carbonyl (C=O) groups is 1. The fourth-order valence-corrected chi connectivity index (χ4v) is 1.93. The van der Waals surface area contributed by atoms with Gasteiger partial charge in [0.1, 0.15) is 0 Å². The SMILES string of the molecule is C=CCN(CC=C)C1CCCCNC1=O. The largest absolute Gasteiger partial charge is 0.355 e. The van der Waals surface area contributed by atoms with Gasteiger partial charge >= 0.3 is 0 Å². The predicted molar refractivity (Wildman–Crippen MR) is 62.6 cm³/mol. The normalized spacial score (nSPS) is 21.9. The predicted octanol–water partition coefficient (Wildman–Crippen LogP) is 1.33. The molecule has 1 saturated heterocycles. The first kappa shape index (κ1) is 12.0. The van der Waals surface area contributed by atoms with Crippen molar-refractivity contribution >= 4 is 5.91 Å². The van der Waals surface area contributed by atoms with Crippen LogP contribution in [0, 0.1) is 0 Å². The molecule has 84 valence electrons. The van der Waals surface area contributed by atoms with E-state index in [2.05, 4.69) is 23.4 Å². The zero-order chi connectivity index (χ0) is 11.1. The minimum absolute atomic E-state index is 0.0106. The molecular formula is C12H20N2O. The van der Waals surface area contributed by atoms with E-state index in [1.54, 1.807) is 0 Å². The Bertz CT molecular complexity index is 228. The van der Waals surface area contributed by atoms with Crippen LogP contribution in [-0.2, 0) is 4.79 Å². The van der Waals surface area contributed by atoms with E-state index in [1.807, 2.05) is 12.2 Å². The Morgan fingerprint density at radius 1 is 1.33 bits per heavy atom. The van der Waals surface area contributed by atoms with Gasteiger partial charge in [-0.3, -0.25) is 9.69 Å². The highest BCUT2D eigenvalue weighted by Gasteiger charge is 2.25. The Kier molecular flexibility index (Phi) is 5.12. The highest BCUT2D eigenvalue weighted by molar-refractivity contribution is 5.81.